The van der Waals surface area contributed by atoms with Gasteiger partial charge < -0.3 is 15.0 Å². The van der Waals surface area contributed by atoms with E-state index in [4.69, 9.17) is 4.74 Å². The molecule has 0 aliphatic heterocycles. The molecule has 4 aromatic carbocycles. The van der Waals surface area contributed by atoms with E-state index < -0.39 is 40.2 Å². The highest BCUT2D eigenvalue weighted by Gasteiger charge is 2.34. The van der Waals surface area contributed by atoms with Crippen LogP contribution in [0, 0.1) is 5.82 Å². The summed E-state index contributed by atoms with van der Waals surface area (Å²) in [5, 5.41) is 2.65. The van der Waals surface area contributed by atoms with Gasteiger partial charge in [0.25, 0.3) is 10.0 Å². The quantitative estimate of drug-likeness (QED) is 0.199. The number of hydrogen-bond acceptors (Lipinski definition) is 5. The molecule has 0 heterocycles. The first-order chi connectivity index (χ1) is 21.1. The number of benzene rings is 4. The first-order valence-electron chi connectivity index (χ1n) is 13.9. The van der Waals surface area contributed by atoms with Crippen LogP contribution in [0.2, 0.25) is 0 Å². The van der Waals surface area contributed by atoms with Crippen LogP contribution in [0.1, 0.15) is 18.1 Å². The van der Waals surface area contributed by atoms with Gasteiger partial charge in [-0.05, 0) is 78.7 Å². The smallest absolute Gasteiger partial charge is 0.264 e. The van der Waals surface area contributed by atoms with Crippen LogP contribution >= 0.6 is 15.9 Å². The molecule has 11 heteroatoms. The van der Waals surface area contributed by atoms with Crippen molar-refractivity contribution in [2.75, 3.05) is 24.5 Å². The molecule has 1 atom stereocenters. The Labute approximate surface area is 265 Å². The Balaban J connectivity index is 1.76. The molecule has 4 rings (SSSR count). The molecule has 2 amide bonds. The first-order valence-corrected chi connectivity index (χ1v) is 16.2. The van der Waals surface area contributed by atoms with Gasteiger partial charge in [0.2, 0.25) is 11.8 Å². The van der Waals surface area contributed by atoms with E-state index >= 15 is 0 Å². The molecule has 0 aliphatic rings. The van der Waals surface area contributed by atoms with Crippen LogP contribution < -0.4 is 14.4 Å². The monoisotopic (exact) mass is 681 g/mol. The average Bonchev–Trinajstić information content (AvgIpc) is 3.03. The highest BCUT2D eigenvalue weighted by atomic mass is 79.9. The molecule has 0 saturated heterocycles. The largest absolute Gasteiger partial charge is 0.494 e. The highest BCUT2D eigenvalue weighted by Crippen LogP contribution is 2.27. The zero-order chi connectivity index (χ0) is 31.7. The zero-order valence-corrected chi connectivity index (χ0v) is 26.7. The highest BCUT2D eigenvalue weighted by molar-refractivity contribution is 9.10. The summed E-state index contributed by atoms with van der Waals surface area (Å²) < 4.78 is 49.2. The number of carbonyl (C=O) groups excluding carboxylic acids is 2. The molecule has 0 radical (unpaired) electrons. The number of ether oxygens (including phenoxy) is 1. The number of hydrogen-bond donors (Lipinski definition) is 1. The fourth-order valence-corrected chi connectivity index (χ4v) is 6.32. The Kier molecular flexibility index (Phi) is 11.1. The van der Waals surface area contributed by atoms with Gasteiger partial charge in [-0.25, -0.2) is 12.8 Å². The third-order valence-corrected chi connectivity index (χ3v) is 9.22. The predicted octanol–water partition coefficient (Wildman–Crippen LogP) is 5.57. The van der Waals surface area contributed by atoms with Crippen LogP contribution in [0.3, 0.4) is 0 Å². The van der Waals surface area contributed by atoms with Crippen molar-refractivity contribution < 1.29 is 27.1 Å². The topological polar surface area (TPSA) is 96.0 Å². The minimum atomic E-state index is -4.32. The lowest BCUT2D eigenvalue weighted by molar-refractivity contribution is -0.139. The fraction of sp³-hybridized carbons (Fsp3) is 0.212. The summed E-state index contributed by atoms with van der Waals surface area (Å²) in [7, 11) is -2.83. The summed E-state index contributed by atoms with van der Waals surface area (Å²) in [5.41, 5.74) is 1.66. The van der Waals surface area contributed by atoms with Crippen molar-refractivity contribution in [1.82, 2.24) is 10.2 Å². The maximum absolute atomic E-state index is 14.3. The molecule has 4 aromatic rings. The maximum atomic E-state index is 14.3. The van der Waals surface area contributed by atoms with Gasteiger partial charge in [-0.3, -0.25) is 13.9 Å². The molecule has 1 N–H and O–H groups in total. The molecule has 0 fully saturated rings. The van der Waals surface area contributed by atoms with Gasteiger partial charge >= 0.3 is 0 Å². The summed E-state index contributed by atoms with van der Waals surface area (Å²) in [5.74, 6) is -1.08. The van der Waals surface area contributed by atoms with E-state index in [1.807, 2.05) is 61.5 Å². The van der Waals surface area contributed by atoms with Crippen LogP contribution in [-0.2, 0) is 32.6 Å². The van der Waals surface area contributed by atoms with Crippen molar-refractivity contribution in [3.05, 3.63) is 125 Å². The Morgan fingerprint density at radius 2 is 1.52 bits per heavy atom. The number of carbonyl (C=O) groups is 2. The molecule has 230 valence electrons. The molecule has 44 heavy (non-hydrogen) atoms. The maximum Gasteiger partial charge on any atom is 0.264 e. The Bertz CT molecular complexity index is 1650. The number of nitrogens with zero attached hydrogens (tertiary/aromatic N) is 2. The molecule has 0 aromatic heterocycles. The molecule has 0 unspecified atom stereocenters. The Morgan fingerprint density at radius 3 is 2.11 bits per heavy atom. The number of halogens is 2. The Hall–Kier alpha value is -4.22. The van der Waals surface area contributed by atoms with Crippen LogP contribution in [0.15, 0.2) is 112 Å². The van der Waals surface area contributed by atoms with Crippen molar-refractivity contribution in [3.63, 3.8) is 0 Å². The molecule has 0 aliphatic carbocycles. The van der Waals surface area contributed by atoms with Gasteiger partial charge in [-0.2, -0.15) is 0 Å². The minimum Gasteiger partial charge on any atom is -0.494 e. The van der Waals surface area contributed by atoms with E-state index in [1.54, 1.807) is 0 Å². The average molecular weight is 683 g/mol. The number of anilines is 1. The van der Waals surface area contributed by atoms with Crippen LogP contribution in [0.4, 0.5) is 10.1 Å². The Morgan fingerprint density at radius 1 is 0.886 bits per heavy atom. The fourth-order valence-electron chi connectivity index (χ4n) is 4.64. The van der Waals surface area contributed by atoms with Crippen LogP contribution in [0.5, 0.6) is 5.75 Å². The lowest BCUT2D eigenvalue weighted by Gasteiger charge is -2.33. The van der Waals surface area contributed by atoms with Crippen molar-refractivity contribution in [2.24, 2.45) is 0 Å². The zero-order valence-electron chi connectivity index (χ0n) is 24.3. The second-order valence-electron chi connectivity index (χ2n) is 9.86. The van der Waals surface area contributed by atoms with Gasteiger partial charge in [0.15, 0.2) is 0 Å². The molecule has 0 spiro atoms. The van der Waals surface area contributed by atoms with Gasteiger partial charge in [-0.15, -0.1) is 0 Å². The summed E-state index contributed by atoms with van der Waals surface area (Å²) >= 11 is 3.42. The molecular weight excluding hydrogens is 649 g/mol. The van der Waals surface area contributed by atoms with E-state index in [0.717, 1.165) is 32.0 Å². The molecule has 8 nitrogen and oxygen atoms in total. The van der Waals surface area contributed by atoms with Crippen molar-refractivity contribution in [1.29, 1.82) is 0 Å². The molecule has 0 saturated carbocycles. The number of sulfonamides is 1. The molecular formula is C33H33BrFN3O5S. The van der Waals surface area contributed by atoms with Gasteiger partial charge in [0, 0.05) is 24.5 Å². The third kappa shape index (κ3) is 8.23. The predicted molar refractivity (Wildman–Crippen MR) is 171 cm³/mol. The third-order valence-electron chi connectivity index (χ3n) is 6.90. The van der Waals surface area contributed by atoms with Crippen LogP contribution in [0.25, 0.3) is 0 Å². The summed E-state index contributed by atoms with van der Waals surface area (Å²) in [6.45, 7) is 1.62. The summed E-state index contributed by atoms with van der Waals surface area (Å²) in [6, 6.07) is 26.3. The second-order valence-corrected chi connectivity index (χ2v) is 12.6. The van der Waals surface area contributed by atoms with Crippen molar-refractivity contribution >= 4 is 43.5 Å². The van der Waals surface area contributed by atoms with E-state index in [1.165, 1.54) is 48.3 Å². The lowest BCUT2D eigenvalue weighted by Crippen LogP contribution is -2.53. The minimum absolute atomic E-state index is 0.0391. The summed E-state index contributed by atoms with van der Waals surface area (Å²) in [4.78, 5) is 28.9. The standard InChI is InChI=1S/C33H33BrFN3O5S/c1-3-43-29-17-19-30(20-18-29)44(41,42)38(28-15-13-27(35)14-16-28)23-32(39)37(22-25-9-11-26(34)12-10-25)31(33(40)36-2)21-24-7-5-4-6-8-24/h4-20,31H,3,21-23H2,1-2H3,(H,36,40)/t31-/m0/s1. The normalized spacial score (nSPS) is 11.8. The first kappa shape index (κ1) is 32.7. The van der Waals surface area contributed by atoms with Gasteiger partial charge in [0.05, 0.1) is 17.2 Å². The number of amides is 2. The SMILES string of the molecule is CCOc1ccc(S(=O)(=O)N(CC(=O)N(Cc2ccc(Br)cc2)[C@@H](Cc2ccccc2)C(=O)NC)c2ccc(F)cc2)cc1. The van der Waals surface area contributed by atoms with E-state index in [0.29, 0.717) is 12.4 Å². The van der Waals surface area contributed by atoms with Crippen LogP contribution in [-0.4, -0.2) is 51.4 Å². The van der Waals surface area contributed by atoms with E-state index in [9.17, 15) is 22.4 Å². The molecule has 0 bridgehead atoms. The van der Waals surface area contributed by atoms with Crippen molar-refractivity contribution in [3.8, 4) is 5.75 Å². The second kappa shape index (κ2) is 15.0. The number of nitrogens with one attached hydrogen (secondary N) is 1. The number of rotatable bonds is 13. The van der Waals surface area contributed by atoms with E-state index in [2.05, 4.69) is 21.2 Å². The summed E-state index contributed by atoms with van der Waals surface area (Å²) in [6.07, 6.45) is 0.199. The van der Waals surface area contributed by atoms with Gasteiger partial charge in [-0.1, -0.05) is 58.4 Å². The lowest BCUT2D eigenvalue weighted by atomic mass is 10.0. The van der Waals surface area contributed by atoms with Crippen molar-refractivity contribution in [2.45, 2.75) is 30.8 Å². The van der Waals surface area contributed by atoms with Gasteiger partial charge in [0.1, 0.15) is 24.2 Å². The van der Waals surface area contributed by atoms with E-state index in [-0.39, 0.29) is 23.5 Å². The number of likely N-dealkylation sites (N-methyl/N-ethyl adjacent to an activating group) is 1.